The molecule has 0 radical (unpaired) electrons. The average Bonchev–Trinajstić information content (AvgIpc) is 3.42. The fourth-order valence-corrected chi connectivity index (χ4v) is 6.50. The Bertz CT molecular complexity index is 1690. The third kappa shape index (κ3) is 5.54. The van der Waals surface area contributed by atoms with Crippen LogP contribution in [-0.2, 0) is 35.2 Å². The van der Waals surface area contributed by atoms with E-state index in [2.05, 4.69) is 26.3 Å². The van der Waals surface area contributed by atoms with E-state index in [0.29, 0.717) is 33.2 Å². The summed E-state index contributed by atoms with van der Waals surface area (Å²) in [5.74, 6) is -7.63. The molecule has 1 unspecified atom stereocenters. The van der Waals surface area contributed by atoms with Gasteiger partial charge in [-0.05, 0) is 70.9 Å². The molecular formula is C29H26BrF6N5O2. The number of halogens is 7. The number of pyridine rings is 1. The van der Waals surface area contributed by atoms with E-state index < -0.39 is 65.7 Å². The fourth-order valence-electron chi connectivity index (χ4n) is 5.89. The van der Waals surface area contributed by atoms with Gasteiger partial charge in [0.1, 0.15) is 41.9 Å². The minimum atomic E-state index is -3.39. The zero-order chi connectivity index (χ0) is 30.6. The molecule has 228 valence electrons. The normalized spacial score (nSPS) is 19.1. The van der Waals surface area contributed by atoms with Crippen molar-refractivity contribution in [3.63, 3.8) is 0 Å². The van der Waals surface area contributed by atoms with Gasteiger partial charge in [0.05, 0.1) is 11.7 Å². The van der Waals surface area contributed by atoms with E-state index in [0.717, 1.165) is 23.9 Å². The molecule has 1 fully saturated rings. The lowest BCUT2D eigenvalue weighted by Crippen LogP contribution is -2.35. The number of carbonyl (C=O) groups excluding carboxylic acids is 1. The third-order valence-electron chi connectivity index (χ3n) is 7.78. The molecule has 0 spiro atoms. The first kappa shape index (κ1) is 29.7. The summed E-state index contributed by atoms with van der Waals surface area (Å²) in [4.78, 5) is 18.1. The zero-order valence-electron chi connectivity index (χ0n) is 22.8. The third-order valence-corrected chi connectivity index (χ3v) is 8.42. The van der Waals surface area contributed by atoms with Crippen molar-refractivity contribution in [1.29, 1.82) is 0 Å². The van der Waals surface area contributed by atoms with Crippen molar-refractivity contribution in [3.8, 4) is 0 Å². The molecule has 7 nitrogen and oxygen atoms in total. The summed E-state index contributed by atoms with van der Waals surface area (Å²) in [5.41, 5.74) is -0.556. The molecule has 1 aromatic carbocycles. The Hall–Kier alpha value is -3.39. The van der Waals surface area contributed by atoms with Gasteiger partial charge in [-0.15, -0.1) is 0 Å². The molecule has 2 aliphatic rings. The summed E-state index contributed by atoms with van der Waals surface area (Å²) in [5, 5.41) is 7.18. The van der Waals surface area contributed by atoms with E-state index in [-0.39, 0.29) is 30.7 Å². The van der Waals surface area contributed by atoms with Crippen LogP contribution in [0.15, 0.2) is 41.0 Å². The maximum absolute atomic E-state index is 15.0. The smallest absolute Gasteiger partial charge is 0.293 e. The first-order chi connectivity index (χ1) is 20.5. The number of hydrogen-bond donors (Lipinski definition) is 1. The van der Waals surface area contributed by atoms with Crippen LogP contribution in [0, 0.1) is 17.6 Å². The summed E-state index contributed by atoms with van der Waals surface area (Å²) in [6.45, 7) is 1.95. The average molecular weight is 670 g/mol. The standard InChI is InChI=1S/C29H26BrF6N5O2/c1-2-5-43-13-40-4-3-15-9-20(30)24(38-28(15)40)21(8-14-6-16(31)10-17(32)7-14)37-22(42)12-41-26-23(25(39-41)27(33)34)18-11-19(18)29(26,35)36/h3-4,6-7,9-10,18-19,21,27H,2,5,8,11-13H2,1H3,(H,37,42)/t18-,19?,21-/m0/s1. The fraction of sp³-hybridized carbons (Fsp3) is 0.414. The molecule has 6 rings (SSSR count). The number of amides is 1. The van der Waals surface area contributed by atoms with Gasteiger partial charge in [-0.25, -0.2) is 22.5 Å². The lowest BCUT2D eigenvalue weighted by atomic mass is 10.0. The molecule has 2 aliphatic carbocycles. The highest BCUT2D eigenvalue weighted by molar-refractivity contribution is 9.10. The Morgan fingerprint density at radius 1 is 1.19 bits per heavy atom. The number of alkyl halides is 4. The van der Waals surface area contributed by atoms with Crippen LogP contribution in [0.1, 0.15) is 66.4 Å². The molecular weight excluding hydrogens is 644 g/mol. The number of fused-ring (bicyclic) bond motifs is 4. The van der Waals surface area contributed by atoms with Gasteiger partial charge in [0.2, 0.25) is 5.91 Å². The number of nitrogens with one attached hydrogen (secondary N) is 1. The topological polar surface area (TPSA) is 74.0 Å². The quantitative estimate of drug-likeness (QED) is 0.139. The SMILES string of the molecule is CCCOCn1ccc2cc(Br)c([C@H](Cc3cc(F)cc(F)c3)NC(=O)Cn3nc(C(F)F)c4c3C(F)(F)C3C[C@H]43)nc21. The van der Waals surface area contributed by atoms with Crippen LogP contribution in [0.2, 0.25) is 0 Å². The largest absolute Gasteiger partial charge is 0.361 e. The van der Waals surface area contributed by atoms with Crippen LogP contribution in [0.3, 0.4) is 0 Å². The summed E-state index contributed by atoms with van der Waals surface area (Å²) in [6, 6.07) is 5.52. The van der Waals surface area contributed by atoms with E-state index in [4.69, 9.17) is 9.72 Å². The first-order valence-electron chi connectivity index (χ1n) is 13.7. The Balaban J connectivity index is 1.34. The minimum Gasteiger partial charge on any atom is -0.361 e. The number of aromatic nitrogens is 4. The number of ether oxygens (including phenoxy) is 1. The molecule has 0 aliphatic heterocycles. The van der Waals surface area contributed by atoms with Gasteiger partial charge in [-0.1, -0.05) is 6.92 Å². The van der Waals surface area contributed by atoms with Crippen molar-refractivity contribution in [2.75, 3.05) is 6.61 Å². The second-order valence-corrected chi connectivity index (χ2v) is 11.7. The lowest BCUT2D eigenvalue weighted by Gasteiger charge is -2.21. The van der Waals surface area contributed by atoms with E-state index in [1.807, 2.05) is 13.0 Å². The van der Waals surface area contributed by atoms with E-state index >= 15 is 8.78 Å². The highest BCUT2D eigenvalue weighted by atomic mass is 79.9. The zero-order valence-corrected chi connectivity index (χ0v) is 24.4. The Labute approximate surface area is 250 Å². The number of carbonyl (C=O) groups is 1. The monoisotopic (exact) mass is 669 g/mol. The first-order valence-corrected chi connectivity index (χ1v) is 14.5. The van der Waals surface area contributed by atoms with Gasteiger partial charge in [0.15, 0.2) is 0 Å². The Morgan fingerprint density at radius 3 is 2.63 bits per heavy atom. The van der Waals surface area contributed by atoms with E-state index in [1.54, 1.807) is 16.8 Å². The predicted molar refractivity (Wildman–Crippen MR) is 147 cm³/mol. The number of nitrogens with zero attached hydrogens (tertiary/aromatic N) is 4. The molecule has 0 bridgehead atoms. The van der Waals surface area contributed by atoms with Crippen LogP contribution in [-0.4, -0.2) is 31.8 Å². The van der Waals surface area contributed by atoms with Gasteiger partial charge >= 0.3 is 0 Å². The number of benzene rings is 1. The van der Waals surface area contributed by atoms with Gasteiger partial charge < -0.3 is 14.6 Å². The van der Waals surface area contributed by atoms with Crippen LogP contribution >= 0.6 is 15.9 Å². The highest BCUT2D eigenvalue weighted by Crippen LogP contribution is 2.68. The lowest BCUT2D eigenvalue weighted by molar-refractivity contribution is -0.123. The molecule has 14 heteroatoms. The van der Waals surface area contributed by atoms with Crippen LogP contribution in [0.25, 0.3) is 11.0 Å². The predicted octanol–water partition coefficient (Wildman–Crippen LogP) is 6.90. The van der Waals surface area contributed by atoms with Crippen LogP contribution < -0.4 is 5.32 Å². The number of rotatable bonds is 11. The maximum atomic E-state index is 15.0. The molecule has 3 atom stereocenters. The summed E-state index contributed by atoms with van der Waals surface area (Å²) < 4.78 is 94.2. The molecule has 1 N–H and O–H groups in total. The van der Waals surface area contributed by atoms with Gasteiger partial charge in [0.25, 0.3) is 12.3 Å². The van der Waals surface area contributed by atoms with E-state index in [9.17, 15) is 22.4 Å². The second kappa shape index (κ2) is 11.3. The van der Waals surface area contributed by atoms with Gasteiger partial charge in [-0.3, -0.25) is 9.48 Å². The van der Waals surface area contributed by atoms with Crippen molar-refractivity contribution < 1.29 is 35.9 Å². The maximum Gasteiger partial charge on any atom is 0.293 e. The summed E-state index contributed by atoms with van der Waals surface area (Å²) in [6.07, 6.45) is -0.509. The van der Waals surface area contributed by atoms with E-state index in [1.165, 1.54) is 0 Å². The second-order valence-electron chi connectivity index (χ2n) is 10.9. The van der Waals surface area contributed by atoms with Crippen LogP contribution in [0.5, 0.6) is 0 Å². The summed E-state index contributed by atoms with van der Waals surface area (Å²) in [7, 11) is 0. The van der Waals surface area contributed by atoms with Crippen molar-refractivity contribution in [3.05, 3.63) is 80.8 Å². The highest BCUT2D eigenvalue weighted by Gasteiger charge is 2.67. The van der Waals surface area contributed by atoms with Gasteiger partial charge in [0, 0.05) is 40.2 Å². The molecule has 1 amide bonds. The van der Waals surface area contributed by atoms with Gasteiger partial charge in [-0.2, -0.15) is 13.9 Å². The Kier molecular flexibility index (Phi) is 7.78. The van der Waals surface area contributed by atoms with Crippen molar-refractivity contribution in [2.24, 2.45) is 5.92 Å². The molecule has 43 heavy (non-hydrogen) atoms. The van der Waals surface area contributed by atoms with Crippen molar-refractivity contribution in [2.45, 2.75) is 63.8 Å². The molecule has 0 saturated heterocycles. The molecule has 3 aromatic heterocycles. The molecule has 4 aromatic rings. The van der Waals surface area contributed by atoms with Crippen molar-refractivity contribution >= 4 is 32.9 Å². The number of hydrogen-bond acceptors (Lipinski definition) is 4. The Morgan fingerprint density at radius 2 is 1.93 bits per heavy atom. The summed E-state index contributed by atoms with van der Waals surface area (Å²) >= 11 is 3.47. The van der Waals surface area contributed by atoms with Crippen molar-refractivity contribution in [1.82, 2.24) is 24.6 Å². The minimum absolute atomic E-state index is 0.0945. The van der Waals surface area contributed by atoms with Crippen LogP contribution in [0.4, 0.5) is 26.3 Å². The molecule has 3 heterocycles. The molecule has 1 saturated carbocycles.